The zero-order valence-corrected chi connectivity index (χ0v) is 11.5. The van der Waals surface area contributed by atoms with Crippen LogP contribution >= 0.6 is 0 Å². The van der Waals surface area contributed by atoms with Gasteiger partial charge in [0.2, 0.25) is 10.0 Å². The predicted molar refractivity (Wildman–Crippen MR) is 72.6 cm³/mol. The Bertz CT molecular complexity index is 582. The number of nitrogens with one attached hydrogen (secondary N) is 1. The van der Waals surface area contributed by atoms with Crippen LogP contribution in [0.25, 0.3) is 0 Å². The SMILES string of the molecule is O=S(=O)(c1ccc2c(c1)NCC2)N(CCO)C1CC1. The van der Waals surface area contributed by atoms with E-state index < -0.39 is 10.0 Å². The highest BCUT2D eigenvalue weighted by molar-refractivity contribution is 7.89. The van der Waals surface area contributed by atoms with Crippen LogP contribution in [0.5, 0.6) is 0 Å². The van der Waals surface area contributed by atoms with Crippen molar-refractivity contribution >= 4 is 15.7 Å². The number of benzene rings is 1. The first-order valence-corrected chi connectivity index (χ1v) is 8.06. The Labute approximate surface area is 113 Å². The molecule has 0 radical (unpaired) electrons. The smallest absolute Gasteiger partial charge is 0.243 e. The molecule has 0 amide bonds. The van der Waals surface area contributed by atoms with E-state index in [4.69, 9.17) is 5.11 Å². The predicted octanol–water partition coefficient (Wildman–Crippen LogP) is 0.800. The van der Waals surface area contributed by atoms with Crippen LogP contribution in [0, 0.1) is 0 Å². The van der Waals surface area contributed by atoms with Crippen molar-refractivity contribution in [3.63, 3.8) is 0 Å². The Morgan fingerprint density at radius 1 is 1.37 bits per heavy atom. The summed E-state index contributed by atoms with van der Waals surface area (Å²) >= 11 is 0. The van der Waals surface area contributed by atoms with Crippen LogP contribution in [0.2, 0.25) is 0 Å². The van der Waals surface area contributed by atoms with Crippen molar-refractivity contribution in [2.45, 2.75) is 30.2 Å². The first-order valence-electron chi connectivity index (χ1n) is 6.62. The molecule has 19 heavy (non-hydrogen) atoms. The van der Waals surface area contributed by atoms with E-state index in [9.17, 15) is 8.42 Å². The molecule has 1 fully saturated rings. The van der Waals surface area contributed by atoms with Crippen molar-refractivity contribution in [1.82, 2.24) is 4.31 Å². The van der Waals surface area contributed by atoms with Crippen LogP contribution in [0.3, 0.4) is 0 Å². The number of aliphatic hydroxyl groups is 1. The summed E-state index contributed by atoms with van der Waals surface area (Å²) in [5, 5.41) is 12.3. The van der Waals surface area contributed by atoms with Crippen molar-refractivity contribution in [2.24, 2.45) is 0 Å². The van der Waals surface area contributed by atoms with Crippen molar-refractivity contribution in [3.8, 4) is 0 Å². The van der Waals surface area contributed by atoms with Gasteiger partial charge in [-0.25, -0.2) is 8.42 Å². The number of fused-ring (bicyclic) bond motifs is 1. The van der Waals surface area contributed by atoms with Crippen LogP contribution in [-0.4, -0.2) is 43.6 Å². The molecule has 3 rings (SSSR count). The Balaban J connectivity index is 1.94. The number of nitrogens with zero attached hydrogens (tertiary/aromatic N) is 1. The van der Waals surface area contributed by atoms with E-state index in [1.807, 2.05) is 6.07 Å². The first kappa shape index (κ1) is 12.9. The molecule has 0 unspecified atom stereocenters. The molecule has 2 N–H and O–H groups in total. The van der Waals surface area contributed by atoms with E-state index >= 15 is 0 Å². The van der Waals surface area contributed by atoms with E-state index in [1.54, 1.807) is 12.1 Å². The lowest BCUT2D eigenvalue weighted by Gasteiger charge is -2.21. The Hall–Kier alpha value is -1.11. The summed E-state index contributed by atoms with van der Waals surface area (Å²) in [7, 11) is -3.49. The third-order valence-electron chi connectivity index (χ3n) is 3.67. The molecular weight excluding hydrogens is 264 g/mol. The van der Waals surface area contributed by atoms with Crippen LogP contribution < -0.4 is 5.32 Å². The van der Waals surface area contributed by atoms with E-state index in [1.165, 1.54) is 9.87 Å². The highest BCUT2D eigenvalue weighted by atomic mass is 32.2. The topological polar surface area (TPSA) is 69.6 Å². The van der Waals surface area contributed by atoms with Crippen LogP contribution in [0.15, 0.2) is 23.1 Å². The van der Waals surface area contributed by atoms with Gasteiger partial charge in [-0.2, -0.15) is 4.31 Å². The minimum Gasteiger partial charge on any atom is -0.395 e. The van der Waals surface area contributed by atoms with Crippen LogP contribution in [-0.2, 0) is 16.4 Å². The highest BCUT2D eigenvalue weighted by Crippen LogP contribution is 2.33. The minimum absolute atomic E-state index is 0.0679. The average Bonchev–Trinajstić information content (AvgIpc) is 3.11. The zero-order valence-electron chi connectivity index (χ0n) is 10.7. The molecule has 1 saturated carbocycles. The fourth-order valence-electron chi connectivity index (χ4n) is 2.53. The second-order valence-electron chi connectivity index (χ2n) is 5.07. The van der Waals surface area contributed by atoms with Gasteiger partial charge in [-0.1, -0.05) is 6.07 Å². The molecule has 0 spiro atoms. The third kappa shape index (κ3) is 2.35. The molecule has 2 aliphatic rings. The summed E-state index contributed by atoms with van der Waals surface area (Å²) in [6, 6.07) is 5.34. The summed E-state index contributed by atoms with van der Waals surface area (Å²) in [5.41, 5.74) is 2.08. The molecule has 5 nitrogen and oxygen atoms in total. The van der Waals surface area contributed by atoms with Gasteiger partial charge in [0, 0.05) is 24.8 Å². The number of aliphatic hydroxyl groups excluding tert-OH is 1. The van der Waals surface area contributed by atoms with E-state index in [-0.39, 0.29) is 19.2 Å². The maximum atomic E-state index is 12.6. The lowest BCUT2D eigenvalue weighted by Crippen LogP contribution is -2.35. The summed E-state index contributed by atoms with van der Waals surface area (Å²) in [5.74, 6) is 0. The monoisotopic (exact) mass is 282 g/mol. The van der Waals surface area contributed by atoms with Crippen LogP contribution in [0.4, 0.5) is 5.69 Å². The van der Waals surface area contributed by atoms with E-state index in [0.29, 0.717) is 4.90 Å². The second-order valence-corrected chi connectivity index (χ2v) is 6.96. The van der Waals surface area contributed by atoms with Crippen molar-refractivity contribution in [3.05, 3.63) is 23.8 Å². The maximum Gasteiger partial charge on any atom is 0.243 e. The second kappa shape index (κ2) is 4.77. The van der Waals surface area contributed by atoms with Crippen molar-refractivity contribution in [1.29, 1.82) is 0 Å². The Morgan fingerprint density at radius 2 is 2.16 bits per heavy atom. The van der Waals surface area contributed by atoms with Crippen LogP contribution in [0.1, 0.15) is 18.4 Å². The first-order chi connectivity index (χ1) is 9.13. The third-order valence-corrected chi connectivity index (χ3v) is 5.62. The molecule has 0 aromatic heterocycles. The van der Waals surface area contributed by atoms with E-state index in [0.717, 1.165) is 31.5 Å². The fourth-order valence-corrected chi connectivity index (χ4v) is 4.23. The molecule has 0 saturated heterocycles. The molecular formula is C13H18N2O3S. The Kier molecular flexibility index (Phi) is 3.24. The number of rotatable bonds is 5. The molecule has 1 heterocycles. The van der Waals surface area contributed by atoms with Gasteiger partial charge in [-0.05, 0) is 37.0 Å². The normalized spacial score (nSPS) is 18.4. The molecule has 0 bridgehead atoms. The Morgan fingerprint density at radius 3 is 2.84 bits per heavy atom. The van der Waals surface area contributed by atoms with Gasteiger partial charge in [-0.3, -0.25) is 0 Å². The number of sulfonamides is 1. The standard InChI is InChI=1S/C13H18N2O3S/c16-8-7-15(11-2-3-11)19(17,18)12-4-1-10-5-6-14-13(10)9-12/h1,4,9,11,14,16H,2-3,5-8H2. The zero-order chi connectivity index (χ0) is 13.5. The summed E-state index contributed by atoms with van der Waals surface area (Å²) < 4.78 is 26.6. The van der Waals surface area contributed by atoms with Gasteiger partial charge in [0.25, 0.3) is 0 Å². The number of anilines is 1. The van der Waals surface area contributed by atoms with Gasteiger partial charge in [-0.15, -0.1) is 0 Å². The van der Waals surface area contributed by atoms with Crippen molar-refractivity contribution < 1.29 is 13.5 Å². The molecule has 1 aliphatic carbocycles. The summed E-state index contributed by atoms with van der Waals surface area (Å²) in [4.78, 5) is 0.320. The van der Waals surface area contributed by atoms with E-state index in [2.05, 4.69) is 5.32 Å². The largest absolute Gasteiger partial charge is 0.395 e. The minimum atomic E-state index is -3.49. The molecule has 104 valence electrons. The maximum absolute atomic E-state index is 12.6. The van der Waals surface area contributed by atoms with Gasteiger partial charge in [0.05, 0.1) is 11.5 Å². The quantitative estimate of drug-likeness (QED) is 0.838. The summed E-state index contributed by atoms with van der Waals surface area (Å²) in [6.07, 6.45) is 2.73. The number of hydrogen-bond donors (Lipinski definition) is 2. The molecule has 6 heteroatoms. The van der Waals surface area contributed by atoms with Gasteiger partial charge in [0.15, 0.2) is 0 Å². The molecule has 1 aromatic carbocycles. The molecule has 1 aromatic rings. The average molecular weight is 282 g/mol. The molecule has 1 aliphatic heterocycles. The van der Waals surface area contributed by atoms with Gasteiger partial charge in [0.1, 0.15) is 0 Å². The number of hydrogen-bond acceptors (Lipinski definition) is 4. The lowest BCUT2D eigenvalue weighted by atomic mass is 10.2. The van der Waals surface area contributed by atoms with Crippen molar-refractivity contribution in [2.75, 3.05) is 25.0 Å². The lowest BCUT2D eigenvalue weighted by molar-refractivity contribution is 0.250. The van der Waals surface area contributed by atoms with Gasteiger partial charge >= 0.3 is 0 Å². The molecule has 0 atom stereocenters. The highest BCUT2D eigenvalue weighted by Gasteiger charge is 2.37. The fraction of sp³-hybridized carbons (Fsp3) is 0.538. The van der Waals surface area contributed by atoms with Gasteiger partial charge < -0.3 is 10.4 Å². The summed E-state index contributed by atoms with van der Waals surface area (Å²) in [6.45, 7) is 0.901.